The van der Waals surface area contributed by atoms with Crippen LogP contribution in [0.15, 0.2) is 34.8 Å². The number of sulfonamides is 1. The summed E-state index contributed by atoms with van der Waals surface area (Å²) in [5, 5.41) is 0. The minimum atomic E-state index is -3.60. The van der Waals surface area contributed by atoms with E-state index in [0.29, 0.717) is 13.0 Å². The lowest BCUT2D eigenvalue weighted by Gasteiger charge is -2.25. The number of carbonyl (C=O) groups is 1. The highest BCUT2D eigenvalue weighted by Gasteiger charge is 2.27. The van der Waals surface area contributed by atoms with E-state index in [-0.39, 0.29) is 6.54 Å². The predicted molar refractivity (Wildman–Crippen MR) is 84.1 cm³/mol. The molecule has 0 radical (unpaired) electrons. The van der Waals surface area contributed by atoms with Gasteiger partial charge < -0.3 is 4.74 Å². The van der Waals surface area contributed by atoms with Crippen LogP contribution in [0.25, 0.3) is 5.57 Å². The average Bonchev–Trinajstić information content (AvgIpc) is 2.47. The summed E-state index contributed by atoms with van der Waals surface area (Å²) < 4.78 is 30.8. The van der Waals surface area contributed by atoms with Crippen molar-refractivity contribution in [3.63, 3.8) is 0 Å². The zero-order valence-corrected chi connectivity index (χ0v) is 14.0. The SMILES string of the molecule is COC(=O)CS(=O)(=O)N1CC=C(c2ccc(Br)cc2)CC1. The Morgan fingerprint density at radius 3 is 2.52 bits per heavy atom. The van der Waals surface area contributed by atoms with Crippen LogP contribution in [0.3, 0.4) is 0 Å². The molecular formula is C14H16BrNO4S. The second-order valence-electron chi connectivity index (χ2n) is 4.68. The van der Waals surface area contributed by atoms with Gasteiger partial charge in [-0.3, -0.25) is 4.79 Å². The summed E-state index contributed by atoms with van der Waals surface area (Å²) in [6.07, 6.45) is 2.52. The van der Waals surface area contributed by atoms with Crippen LogP contribution >= 0.6 is 15.9 Å². The molecule has 1 aliphatic heterocycles. The molecule has 1 aliphatic rings. The molecule has 7 heteroatoms. The highest BCUT2D eigenvalue weighted by atomic mass is 79.9. The van der Waals surface area contributed by atoms with E-state index in [1.807, 2.05) is 30.3 Å². The summed E-state index contributed by atoms with van der Waals surface area (Å²) in [5.41, 5.74) is 2.20. The molecule has 114 valence electrons. The number of ether oxygens (including phenoxy) is 1. The number of esters is 1. The van der Waals surface area contributed by atoms with Crippen LogP contribution in [0, 0.1) is 0 Å². The van der Waals surface area contributed by atoms with Gasteiger partial charge in [0.05, 0.1) is 7.11 Å². The molecule has 0 fully saturated rings. The Morgan fingerprint density at radius 2 is 2.00 bits per heavy atom. The molecule has 0 saturated heterocycles. The van der Waals surface area contributed by atoms with Crippen molar-refractivity contribution in [3.8, 4) is 0 Å². The number of halogens is 1. The zero-order chi connectivity index (χ0) is 15.5. The quantitative estimate of drug-likeness (QED) is 0.757. The predicted octanol–water partition coefficient (Wildman–Crippen LogP) is 2.04. The summed E-state index contributed by atoms with van der Waals surface area (Å²) in [5.74, 6) is -1.34. The first-order chi connectivity index (χ1) is 9.92. The first-order valence-electron chi connectivity index (χ1n) is 6.42. The van der Waals surface area contributed by atoms with Gasteiger partial charge in [0.25, 0.3) is 0 Å². The second-order valence-corrected chi connectivity index (χ2v) is 7.56. The third-order valence-electron chi connectivity index (χ3n) is 3.31. The van der Waals surface area contributed by atoms with E-state index in [4.69, 9.17) is 0 Å². The Bertz CT molecular complexity index is 652. The smallest absolute Gasteiger partial charge is 0.322 e. The molecule has 21 heavy (non-hydrogen) atoms. The van der Waals surface area contributed by atoms with Crippen molar-refractivity contribution < 1.29 is 17.9 Å². The number of rotatable bonds is 4. The molecule has 0 N–H and O–H groups in total. The molecule has 0 unspecified atom stereocenters. The molecule has 0 aliphatic carbocycles. The van der Waals surface area contributed by atoms with Gasteiger partial charge in [-0.1, -0.05) is 34.1 Å². The third kappa shape index (κ3) is 4.15. The molecular weight excluding hydrogens is 358 g/mol. The van der Waals surface area contributed by atoms with Crippen LogP contribution in [0.2, 0.25) is 0 Å². The van der Waals surface area contributed by atoms with Crippen LogP contribution in [-0.4, -0.2) is 44.6 Å². The molecule has 5 nitrogen and oxygen atoms in total. The van der Waals surface area contributed by atoms with Gasteiger partial charge in [0.1, 0.15) is 0 Å². The van der Waals surface area contributed by atoms with E-state index >= 15 is 0 Å². The van der Waals surface area contributed by atoms with Crippen LogP contribution in [0.4, 0.5) is 0 Å². The number of hydrogen-bond donors (Lipinski definition) is 0. The molecule has 0 aromatic heterocycles. The summed E-state index contributed by atoms with van der Waals surface area (Å²) in [4.78, 5) is 11.1. The van der Waals surface area contributed by atoms with Gasteiger partial charge in [-0.2, -0.15) is 4.31 Å². The van der Waals surface area contributed by atoms with Crippen LogP contribution in [0.5, 0.6) is 0 Å². The summed E-state index contributed by atoms with van der Waals surface area (Å²) >= 11 is 3.38. The lowest BCUT2D eigenvalue weighted by atomic mass is 10.0. The first-order valence-corrected chi connectivity index (χ1v) is 8.82. The van der Waals surface area contributed by atoms with Crippen LogP contribution in [-0.2, 0) is 19.6 Å². The van der Waals surface area contributed by atoms with Gasteiger partial charge in [0.15, 0.2) is 5.75 Å². The molecule has 0 bridgehead atoms. The first kappa shape index (κ1) is 16.2. The van der Waals surface area contributed by atoms with Gasteiger partial charge in [-0.15, -0.1) is 0 Å². The van der Waals surface area contributed by atoms with E-state index in [2.05, 4.69) is 20.7 Å². The Kier molecular flexibility index (Phi) is 5.18. The number of hydrogen-bond acceptors (Lipinski definition) is 4. The van der Waals surface area contributed by atoms with Crippen LogP contribution in [0.1, 0.15) is 12.0 Å². The molecule has 1 aromatic rings. The highest BCUT2D eigenvalue weighted by Crippen LogP contribution is 2.25. The monoisotopic (exact) mass is 373 g/mol. The molecule has 1 aromatic carbocycles. The van der Waals surface area contributed by atoms with Gasteiger partial charge in [0, 0.05) is 17.6 Å². The highest BCUT2D eigenvalue weighted by molar-refractivity contribution is 9.10. The largest absolute Gasteiger partial charge is 0.468 e. The van der Waals surface area contributed by atoms with Crippen molar-refractivity contribution in [3.05, 3.63) is 40.4 Å². The van der Waals surface area contributed by atoms with Crippen molar-refractivity contribution >= 4 is 37.5 Å². The summed E-state index contributed by atoms with van der Waals surface area (Å²) in [6, 6.07) is 7.90. The van der Waals surface area contributed by atoms with Crippen molar-refractivity contribution in [2.24, 2.45) is 0 Å². The van der Waals surface area contributed by atoms with E-state index in [9.17, 15) is 13.2 Å². The lowest BCUT2D eigenvalue weighted by molar-refractivity contribution is -0.137. The minimum Gasteiger partial charge on any atom is -0.468 e. The second kappa shape index (κ2) is 6.72. The van der Waals surface area contributed by atoms with Crippen molar-refractivity contribution in [1.29, 1.82) is 0 Å². The van der Waals surface area contributed by atoms with E-state index < -0.39 is 21.7 Å². The Morgan fingerprint density at radius 1 is 1.33 bits per heavy atom. The summed E-state index contributed by atoms with van der Waals surface area (Å²) in [7, 11) is -2.42. The van der Waals surface area contributed by atoms with Gasteiger partial charge >= 0.3 is 5.97 Å². The molecule has 0 amide bonds. The fourth-order valence-electron chi connectivity index (χ4n) is 2.13. The molecule has 0 saturated carbocycles. The Labute approximate surface area is 132 Å². The maximum atomic E-state index is 12.0. The molecule has 1 heterocycles. The Balaban J connectivity index is 2.08. The number of carbonyl (C=O) groups excluding carboxylic acids is 1. The van der Waals surface area contributed by atoms with E-state index in [0.717, 1.165) is 15.6 Å². The van der Waals surface area contributed by atoms with Crippen molar-refractivity contribution in [1.82, 2.24) is 4.31 Å². The summed E-state index contributed by atoms with van der Waals surface area (Å²) in [6.45, 7) is 0.659. The van der Waals surface area contributed by atoms with Gasteiger partial charge in [0.2, 0.25) is 10.0 Å². The molecule has 0 spiro atoms. The zero-order valence-electron chi connectivity index (χ0n) is 11.6. The van der Waals surface area contributed by atoms with E-state index in [1.54, 1.807) is 0 Å². The molecule has 0 atom stereocenters. The number of nitrogens with zero attached hydrogens (tertiary/aromatic N) is 1. The van der Waals surface area contributed by atoms with Gasteiger partial charge in [-0.05, 0) is 29.7 Å². The Hall–Kier alpha value is -1.18. The van der Waals surface area contributed by atoms with E-state index in [1.165, 1.54) is 11.4 Å². The van der Waals surface area contributed by atoms with Crippen LogP contribution < -0.4 is 0 Å². The topological polar surface area (TPSA) is 63.7 Å². The van der Waals surface area contributed by atoms with Crippen molar-refractivity contribution in [2.75, 3.05) is 26.0 Å². The fraction of sp³-hybridized carbons (Fsp3) is 0.357. The number of benzene rings is 1. The molecule has 2 rings (SSSR count). The standard InChI is InChI=1S/C14H16BrNO4S/c1-20-14(17)10-21(18,19)16-8-6-12(7-9-16)11-2-4-13(15)5-3-11/h2-6H,7-10H2,1H3. The minimum absolute atomic E-state index is 0.282. The maximum Gasteiger partial charge on any atom is 0.322 e. The third-order valence-corrected chi connectivity index (χ3v) is 5.56. The maximum absolute atomic E-state index is 12.0. The normalized spacial score (nSPS) is 16.4. The van der Waals surface area contributed by atoms with Gasteiger partial charge in [-0.25, -0.2) is 8.42 Å². The number of methoxy groups -OCH3 is 1. The van der Waals surface area contributed by atoms with Crippen molar-refractivity contribution in [2.45, 2.75) is 6.42 Å². The fourth-order valence-corrected chi connectivity index (χ4v) is 3.66. The lowest BCUT2D eigenvalue weighted by Crippen LogP contribution is -2.38. The average molecular weight is 374 g/mol.